The first kappa shape index (κ1) is 17.2. The fourth-order valence-corrected chi connectivity index (χ4v) is 3.35. The van der Waals surface area contributed by atoms with Crippen LogP contribution in [0.5, 0.6) is 0 Å². The van der Waals surface area contributed by atoms with E-state index in [2.05, 4.69) is 15.4 Å². The van der Waals surface area contributed by atoms with E-state index in [-0.39, 0.29) is 18.0 Å². The Kier molecular flexibility index (Phi) is 4.86. The van der Waals surface area contributed by atoms with Crippen molar-refractivity contribution in [3.05, 3.63) is 57.2 Å². The van der Waals surface area contributed by atoms with Gasteiger partial charge in [0, 0.05) is 17.4 Å². The predicted molar refractivity (Wildman–Crippen MR) is 93.2 cm³/mol. The molecule has 0 aliphatic carbocycles. The lowest BCUT2D eigenvalue weighted by molar-refractivity contribution is -0.117. The molecular weight excluding hydrogens is 345 g/mol. The molecular formula is C16H16FN5O2S. The molecule has 2 aromatic heterocycles. The van der Waals surface area contributed by atoms with Crippen LogP contribution in [-0.4, -0.2) is 39.0 Å². The zero-order valence-corrected chi connectivity index (χ0v) is 14.5. The average molecular weight is 361 g/mol. The summed E-state index contributed by atoms with van der Waals surface area (Å²) in [5, 5.41) is 7.55. The van der Waals surface area contributed by atoms with Crippen LogP contribution >= 0.6 is 11.3 Å². The number of benzene rings is 1. The average Bonchev–Trinajstić information content (AvgIpc) is 2.89. The molecule has 0 radical (unpaired) electrons. The second kappa shape index (κ2) is 7.08. The number of hydrogen-bond acceptors (Lipinski definition) is 6. The van der Waals surface area contributed by atoms with Gasteiger partial charge in [0.2, 0.25) is 10.9 Å². The van der Waals surface area contributed by atoms with Crippen LogP contribution in [0.15, 0.2) is 35.1 Å². The van der Waals surface area contributed by atoms with Gasteiger partial charge in [0.25, 0.3) is 5.56 Å². The van der Waals surface area contributed by atoms with Crippen LogP contribution in [0.4, 0.5) is 10.1 Å². The molecule has 0 bridgehead atoms. The van der Waals surface area contributed by atoms with Gasteiger partial charge in [-0.15, -0.1) is 0 Å². The number of fused-ring (bicyclic) bond motifs is 1. The lowest BCUT2D eigenvalue weighted by Crippen LogP contribution is -2.30. The quantitative estimate of drug-likeness (QED) is 0.748. The van der Waals surface area contributed by atoms with Crippen molar-refractivity contribution < 1.29 is 9.18 Å². The molecule has 0 aliphatic rings. The standard InChI is InChI=1S/C16H16FN5O2S/c1-10-6-15(24)22-16(18-10)25-14(20-22)9-21(2)8-13(23)19-12-5-3-4-11(17)7-12/h3-7H,8-9H2,1-2H3,(H,19,23). The molecule has 3 aromatic rings. The van der Waals surface area contributed by atoms with E-state index in [1.54, 1.807) is 24.9 Å². The van der Waals surface area contributed by atoms with Gasteiger partial charge in [0.1, 0.15) is 10.8 Å². The van der Waals surface area contributed by atoms with Crippen LogP contribution in [-0.2, 0) is 11.3 Å². The van der Waals surface area contributed by atoms with E-state index in [1.807, 2.05) is 0 Å². The summed E-state index contributed by atoms with van der Waals surface area (Å²) in [6, 6.07) is 7.14. The highest BCUT2D eigenvalue weighted by atomic mass is 32.1. The fourth-order valence-electron chi connectivity index (χ4n) is 2.32. The Balaban J connectivity index is 1.64. The molecule has 1 amide bonds. The molecule has 3 rings (SSSR count). The molecule has 0 atom stereocenters. The second-order valence-electron chi connectivity index (χ2n) is 5.66. The number of likely N-dealkylation sites (N-methyl/N-ethyl adjacent to an activating group) is 1. The molecule has 0 unspecified atom stereocenters. The van der Waals surface area contributed by atoms with Gasteiger partial charge in [-0.25, -0.2) is 9.37 Å². The van der Waals surface area contributed by atoms with Gasteiger partial charge < -0.3 is 5.32 Å². The van der Waals surface area contributed by atoms with Gasteiger partial charge in [0.15, 0.2) is 0 Å². The van der Waals surface area contributed by atoms with Gasteiger partial charge >= 0.3 is 0 Å². The summed E-state index contributed by atoms with van der Waals surface area (Å²) < 4.78 is 14.4. The maximum Gasteiger partial charge on any atom is 0.275 e. The van der Waals surface area contributed by atoms with Gasteiger partial charge in [0.05, 0.1) is 13.1 Å². The zero-order valence-electron chi connectivity index (χ0n) is 13.7. The minimum Gasteiger partial charge on any atom is -0.325 e. The Hall–Kier alpha value is -2.65. The lowest BCUT2D eigenvalue weighted by Gasteiger charge is -2.14. The SMILES string of the molecule is Cc1cc(=O)n2nc(CN(C)CC(=O)Nc3cccc(F)c3)sc2n1. The maximum absolute atomic E-state index is 13.1. The van der Waals surface area contributed by atoms with Gasteiger partial charge in [-0.3, -0.25) is 14.5 Å². The first-order chi connectivity index (χ1) is 11.9. The first-order valence-electron chi connectivity index (χ1n) is 7.51. The normalized spacial score (nSPS) is 11.2. The fraction of sp³-hybridized carbons (Fsp3) is 0.250. The van der Waals surface area contributed by atoms with E-state index in [0.717, 1.165) is 0 Å². The highest BCUT2D eigenvalue weighted by Crippen LogP contribution is 2.13. The maximum atomic E-state index is 13.1. The number of carbonyl (C=O) groups is 1. The van der Waals surface area contributed by atoms with Gasteiger partial charge in [-0.05, 0) is 32.2 Å². The third-order valence-corrected chi connectivity index (χ3v) is 4.24. The highest BCUT2D eigenvalue weighted by molar-refractivity contribution is 7.16. The Labute approximate surface area is 146 Å². The Morgan fingerprint density at radius 3 is 2.96 bits per heavy atom. The largest absolute Gasteiger partial charge is 0.325 e. The summed E-state index contributed by atoms with van der Waals surface area (Å²) in [6.45, 7) is 2.25. The van der Waals surface area contributed by atoms with Crippen LogP contribution in [0.2, 0.25) is 0 Å². The lowest BCUT2D eigenvalue weighted by atomic mass is 10.3. The van der Waals surface area contributed by atoms with E-state index >= 15 is 0 Å². The number of anilines is 1. The Morgan fingerprint density at radius 2 is 2.20 bits per heavy atom. The Bertz CT molecular complexity index is 984. The molecule has 1 N–H and O–H groups in total. The summed E-state index contributed by atoms with van der Waals surface area (Å²) in [5.74, 6) is -0.672. The first-order valence-corrected chi connectivity index (χ1v) is 8.33. The summed E-state index contributed by atoms with van der Waals surface area (Å²) in [7, 11) is 1.76. The van der Waals surface area contributed by atoms with E-state index in [4.69, 9.17) is 0 Å². The minimum atomic E-state index is -0.408. The van der Waals surface area contributed by atoms with Crippen molar-refractivity contribution in [3.8, 4) is 0 Å². The molecule has 2 heterocycles. The number of aromatic nitrogens is 3. The molecule has 130 valence electrons. The molecule has 0 fully saturated rings. The van der Waals surface area contributed by atoms with Gasteiger partial charge in [-0.1, -0.05) is 17.4 Å². The molecule has 1 aromatic carbocycles. The monoisotopic (exact) mass is 361 g/mol. The van der Waals surface area contributed by atoms with E-state index < -0.39 is 5.82 Å². The third kappa shape index (κ3) is 4.25. The molecule has 0 saturated carbocycles. The van der Waals surface area contributed by atoms with Crippen molar-refractivity contribution >= 4 is 27.9 Å². The second-order valence-corrected chi connectivity index (χ2v) is 6.70. The number of halogens is 1. The van der Waals surface area contributed by atoms with Crippen molar-refractivity contribution in [1.29, 1.82) is 0 Å². The molecule has 0 saturated heterocycles. The van der Waals surface area contributed by atoms with Crippen LogP contribution in [0, 0.1) is 12.7 Å². The number of carbonyl (C=O) groups excluding carboxylic acids is 1. The van der Waals surface area contributed by atoms with Crippen molar-refractivity contribution in [1.82, 2.24) is 19.5 Å². The van der Waals surface area contributed by atoms with E-state index in [9.17, 15) is 14.0 Å². The molecule has 0 spiro atoms. The van der Waals surface area contributed by atoms with Crippen LogP contribution in [0.25, 0.3) is 4.96 Å². The number of aryl methyl sites for hydroxylation is 1. The number of rotatable bonds is 5. The topological polar surface area (TPSA) is 79.6 Å². The summed E-state index contributed by atoms with van der Waals surface area (Å²) in [5.41, 5.74) is 0.823. The number of nitrogens with one attached hydrogen (secondary N) is 1. The van der Waals surface area contributed by atoms with Crippen molar-refractivity contribution in [3.63, 3.8) is 0 Å². The van der Waals surface area contributed by atoms with Crippen LogP contribution in [0.3, 0.4) is 0 Å². The number of hydrogen-bond donors (Lipinski definition) is 1. The molecule has 9 heteroatoms. The Morgan fingerprint density at radius 1 is 1.40 bits per heavy atom. The smallest absolute Gasteiger partial charge is 0.275 e. The van der Waals surface area contributed by atoms with Crippen LogP contribution < -0.4 is 10.9 Å². The summed E-state index contributed by atoms with van der Waals surface area (Å²) in [6.07, 6.45) is 0. The molecule has 0 aliphatic heterocycles. The highest BCUT2D eigenvalue weighted by Gasteiger charge is 2.12. The van der Waals surface area contributed by atoms with Crippen molar-refractivity contribution in [2.75, 3.05) is 18.9 Å². The summed E-state index contributed by atoms with van der Waals surface area (Å²) in [4.78, 5) is 30.5. The zero-order chi connectivity index (χ0) is 18.0. The summed E-state index contributed by atoms with van der Waals surface area (Å²) >= 11 is 1.30. The van der Waals surface area contributed by atoms with Crippen molar-refractivity contribution in [2.24, 2.45) is 0 Å². The van der Waals surface area contributed by atoms with E-state index in [1.165, 1.54) is 40.1 Å². The molecule has 7 nitrogen and oxygen atoms in total. The third-order valence-electron chi connectivity index (χ3n) is 3.34. The van der Waals surface area contributed by atoms with Crippen LogP contribution in [0.1, 0.15) is 10.7 Å². The van der Waals surface area contributed by atoms with E-state index in [0.29, 0.717) is 27.9 Å². The number of amides is 1. The van der Waals surface area contributed by atoms with Crippen molar-refractivity contribution in [2.45, 2.75) is 13.5 Å². The van der Waals surface area contributed by atoms with Gasteiger partial charge in [-0.2, -0.15) is 9.61 Å². The minimum absolute atomic E-state index is 0.105. The predicted octanol–water partition coefficient (Wildman–Crippen LogP) is 1.67. The number of nitrogens with zero attached hydrogens (tertiary/aromatic N) is 4. The molecule has 25 heavy (non-hydrogen) atoms.